The molecule has 0 heterocycles. The second-order valence-electron chi connectivity index (χ2n) is 12.5. The van der Waals surface area contributed by atoms with E-state index < -0.39 is 0 Å². The quantitative estimate of drug-likeness (QED) is 0.122. The molecule has 0 fully saturated rings. The number of benzene rings is 6. The molecule has 8 aromatic rings. The molecule has 0 nitrogen and oxygen atoms in total. The van der Waals surface area contributed by atoms with Crippen LogP contribution in [0.1, 0.15) is 35.1 Å². The minimum Gasteiger partial charge on any atom is -0.168 e. The van der Waals surface area contributed by atoms with Crippen molar-refractivity contribution in [3.8, 4) is 0 Å². The zero-order chi connectivity index (χ0) is 38.9. The average molecular weight is 1120 g/mol. The maximum atomic E-state index is 2.99. The standard InChI is InChI=1S/2C13H10.2C9H7.2C5H5.2ClH.2Hf/c2*1-3-7-12(8-4-1)11-13-9-5-2-6-10-13;2*1-2-5-9-7-3-6-8(9)4-1;2*1-2-4-5-3-1;;;;/h2*1-10H;2*1-7H;2*1-3H,4H2;2*1H;;/q;;4*-1;;;2*+2. The summed E-state index contributed by atoms with van der Waals surface area (Å²) in [5.74, 6) is 0. The fourth-order valence-electron chi connectivity index (χ4n) is 5.57. The van der Waals surface area contributed by atoms with Gasteiger partial charge >= 0.3 is 198 Å². The number of fused-ring (bicyclic) bond motifs is 2. The molecule has 0 unspecified atom stereocenters. The van der Waals surface area contributed by atoms with Gasteiger partial charge in [0.05, 0.1) is 0 Å². The first-order chi connectivity index (χ1) is 27.7. The van der Waals surface area contributed by atoms with E-state index in [1.165, 1.54) is 50.3 Å². The van der Waals surface area contributed by atoms with Crippen LogP contribution in [0.5, 0.6) is 0 Å². The van der Waals surface area contributed by atoms with Crippen LogP contribution in [0.15, 0.2) is 243 Å². The van der Waals surface area contributed by atoms with Gasteiger partial charge in [0, 0.05) is 0 Å². The Hall–Kier alpha value is -4.44. The molecule has 0 saturated carbocycles. The van der Waals surface area contributed by atoms with Crippen LogP contribution in [0.4, 0.5) is 0 Å². The largest absolute Gasteiger partial charge is 0.168 e. The normalized spacial score (nSPS) is 11.0. The molecular formula is C54H46Cl2Hf2. The van der Waals surface area contributed by atoms with Crippen LogP contribution in [-0.4, -0.2) is 6.51 Å². The van der Waals surface area contributed by atoms with Crippen molar-refractivity contribution in [1.29, 1.82) is 0 Å². The molecule has 2 aliphatic rings. The molecule has 284 valence electrons. The molecule has 2 aliphatic carbocycles. The van der Waals surface area contributed by atoms with Gasteiger partial charge in [0.1, 0.15) is 0 Å². The van der Waals surface area contributed by atoms with Gasteiger partial charge in [-0.3, -0.25) is 12.2 Å². The fourth-order valence-corrected chi connectivity index (χ4v) is 7.97. The maximum absolute atomic E-state index is 2.99. The van der Waals surface area contributed by atoms with Crippen molar-refractivity contribution in [3.05, 3.63) is 277 Å². The predicted molar refractivity (Wildman–Crippen MR) is 249 cm³/mol. The van der Waals surface area contributed by atoms with E-state index >= 15 is 0 Å². The SMILES string of the molecule is Cl.Cl.[C-]1=CC=CC1.[C-]1=CC=CC1.[Hf+2]=[C](c1ccccc1)c1ccccc1.[Hf+2]=[C](c1ccccc1)c1ccccc1.c1ccc2[cH-]ccc2c1.c1ccc2[cH-]ccc2c1. The average Bonchev–Trinajstić information content (AvgIpc) is 4.15. The Morgan fingerprint density at radius 1 is 0.379 bits per heavy atom. The zero-order valence-electron chi connectivity index (χ0n) is 32.3. The van der Waals surface area contributed by atoms with E-state index in [4.69, 9.17) is 0 Å². The van der Waals surface area contributed by atoms with E-state index in [0.717, 1.165) is 60.6 Å². The van der Waals surface area contributed by atoms with Crippen LogP contribution in [0.2, 0.25) is 0 Å². The number of halogens is 2. The van der Waals surface area contributed by atoms with Crippen LogP contribution in [-0.2, 0) is 47.8 Å². The van der Waals surface area contributed by atoms with Crippen molar-refractivity contribution in [2.24, 2.45) is 0 Å². The van der Waals surface area contributed by atoms with Crippen molar-refractivity contribution < 1.29 is 47.8 Å². The maximum Gasteiger partial charge on any atom is -0.0809 e. The number of hydrogen-bond acceptors (Lipinski definition) is 0. The van der Waals surface area contributed by atoms with E-state index in [-0.39, 0.29) is 24.8 Å². The first-order valence-corrected chi connectivity index (χ1v) is 22.3. The summed E-state index contributed by atoms with van der Waals surface area (Å²) < 4.78 is 2.93. The van der Waals surface area contributed by atoms with Crippen LogP contribution in [0, 0.1) is 12.2 Å². The molecule has 0 amide bonds. The van der Waals surface area contributed by atoms with Gasteiger partial charge in [-0.2, -0.15) is 47.2 Å². The summed E-state index contributed by atoms with van der Waals surface area (Å²) in [5.41, 5.74) is 5.41. The molecule has 0 N–H and O–H groups in total. The Bertz CT molecular complexity index is 2100. The van der Waals surface area contributed by atoms with Crippen LogP contribution >= 0.6 is 24.8 Å². The van der Waals surface area contributed by atoms with Crippen LogP contribution < -0.4 is 0 Å². The molecule has 0 spiro atoms. The second kappa shape index (κ2) is 28.9. The van der Waals surface area contributed by atoms with Gasteiger partial charge < -0.3 is 0 Å². The summed E-state index contributed by atoms with van der Waals surface area (Å²) in [7, 11) is 0. The van der Waals surface area contributed by atoms with E-state index in [1.54, 1.807) is 0 Å². The molecule has 4 heteroatoms. The minimum atomic E-state index is 0. The van der Waals surface area contributed by atoms with Crippen molar-refractivity contribution in [2.45, 2.75) is 12.8 Å². The van der Waals surface area contributed by atoms with Crippen molar-refractivity contribution in [1.82, 2.24) is 0 Å². The second-order valence-corrected chi connectivity index (χ2v) is 16.1. The van der Waals surface area contributed by atoms with E-state index in [0.29, 0.717) is 0 Å². The molecule has 0 radical (unpaired) electrons. The Labute approximate surface area is 387 Å². The van der Waals surface area contributed by atoms with E-state index in [9.17, 15) is 0 Å². The third kappa shape index (κ3) is 17.2. The van der Waals surface area contributed by atoms with E-state index in [1.807, 2.05) is 24.3 Å². The summed E-state index contributed by atoms with van der Waals surface area (Å²) in [6.45, 7) is 0. The topological polar surface area (TPSA) is 0 Å². The van der Waals surface area contributed by atoms with E-state index in [2.05, 4.69) is 231 Å². The molecule has 58 heavy (non-hydrogen) atoms. The summed E-state index contributed by atoms with van der Waals surface area (Å²) in [6, 6.07) is 71.7. The molecule has 8 aromatic carbocycles. The number of hydrogen-bond donors (Lipinski definition) is 0. The molecule has 10 rings (SSSR count). The van der Waals surface area contributed by atoms with Crippen molar-refractivity contribution in [2.75, 3.05) is 0 Å². The van der Waals surface area contributed by atoms with Crippen LogP contribution in [0.3, 0.4) is 0 Å². The van der Waals surface area contributed by atoms with Gasteiger partial charge in [0.2, 0.25) is 0 Å². The third-order valence-electron chi connectivity index (χ3n) is 8.52. The zero-order valence-corrected chi connectivity index (χ0v) is 41.1. The Morgan fingerprint density at radius 2 is 0.672 bits per heavy atom. The summed E-state index contributed by atoms with van der Waals surface area (Å²) in [6.07, 6.45) is 20.0. The van der Waals surface area contributed by atoms with Gasteiger partial charge in [-0.15, -0.1) is 97.0 Å². The summed E-state index contributed by atoms with van der Waals surface area (Å²) >= 11 is 2.16. The Balaban J connectivity index is 0.000000192. The smallest absolute Gasteiger partial charge is 0.0809 e. The van der Waals surface area contributed by atoms with Crippen LogP contribution in [0.25, 0.3) is 21.5 Å². The first kappa shape index (κ1) is 47.9. The molecule has 0 bridgehead atoms. The van der Waals surface area contributed by atoms with Crippen molar-refractivity contribution >= 4 is 52.9 Å². The van der Waals surface area contributed by atoms with Gasteiger partial charge in [-0.1, -0.05) is 12.1 Å². The molecule has 0 saturated heterocycles. The Kier molecular flexibility index (Phi) is 23.9. The predicted octanol–water partition coefficient (Wildman–Crippen LogP) is 14.2. The first-order valence-electron chi connectivity index (χ1n) is 18.7. The third-order valence-corrected chi connectivity index (χ3v) is 12.7. The monoisotopic (exact) mass is 1120 g/mol. The molecule has 0 aromatic heterocycles. The molecular weight excluding hydrogens is 1080 g/mol. The number of allylic oxidation sites excluding steroid dienone is 8. The fraction of sp³-hybridized carbons (Fsp3) is 0.0370. The summed E-state index contributed by atoms with van der Waals surface area (Å²) in [5, 5.41) is 5.32. The van der Waals surface area contributed by atoms with Gasteiger partial charge in [-0.25, -0.2) is 24.3 Å². The molecule has 0 aliphatic heterocycles. The Morgan fingerprint density at radius 3 is 0.914 bits per heavy atom. The minimum absolute atomic E-state index is 0. The number of rotatable bonds is 4. The van der Waals surface area contributed by atoms with Gasteiger partial charge in [0.15, 0.2) is 0 Å². The molecule has 0 atom stereocenters. The van der Waals surface area contributed by atoms with Crippen molar-refractivity contribution in [3.63, 3.8) is 0 Å². The van der Waals surface area contributed by atoms with Gasteiger partial charge in [0.25, 0.3) is 0 Å². The van der Waals surface area contributed by atoms with Gasteiger partial charge in [-0.05, 0) is 0 Å². The summed E-state index contributed by atoms with van der Waals surface area (Å²) in [4.78, 5) is 0.